The van der Waals surface area contributed by atoms with Crippen molar-refractivity contribution in [2.24, 2.45) is 0 Å². The molecule has 0 aromatic heterocycles. The molecule has 0 spiro atoms. The fourth-order valence-corrected chi connectivity index (χ4v) is 2.96. The number of Topliss-reactive ketones (excluding diaryl/α,β-unsaturated/α-hetero) is 1. The molecular weight excluding hydrogens is 332 g/mol. The Morgan fingerprint density at radius 1 is 0.846 bits per heavy atom. The number of rotatable bonds is 9. The highest BCUT2D eigenvalue weighted by molar-refractivity contribution is 5.77. The van der Waals surface area contributed by atoms with Crippen LogP contribution in [0.25, 0.3) is 0 Å². The lowest BCUT2D eigenvalue weighted by Crippen LogP contribution is -2.08. The van der Waals surface area contributed by atoms with E-state index in [0.717, 1.165) is 11.1 Å². The molecule has 0 aliphatic carbocycles. The van der Waals surface area contributed by atoms with Gasteiger partial charge in [0.25, 0.3) is 0 Å². The first kappa shape index (κ1) is 19.6. The number of benzene rings is 2. The summed E-state index contributed by atoms with van der Waals surface area (Å²) in [6, 6.07) is 11.5. The van der Waals surface area contributed by atoms with Crippen molar-refractivity contribution < 1.29 is 23.7 Å². The Morgan fingerprint density at radius 2 is 1.35 bits per heavy atom. The van der Waals surface area contributed by atoms with Gasteiger partial charge in [-0.2, -0.15) is 0 Å². The van der Waals surface area contributed by atoms with E-state index in [4.69, 9.17) is 18.9 Å². The third-order valence-electron chi connectivity index (χ3n) is 4.19. The molecule has 0 bridgehead atoms. The van der Waals surface area contributed by atoms with Gasteiger partial charge in [-0.3, -0.25) is 4.79 Å². The number of ketones is 1. The number of hydrogen-bond acceptors (Lipinski definition) is 5. The van der Waals surface area contributed by atoms with E-state index in [1.807, 2.05) is 43.3 Å². The Hall–Kier alpha value is -2.69. The summed E-state index contributed by atoms with van der Waals surface area (Å²) >= 11 is 0. The van der Waals surface area contributed by atoms with Crippen LogP contribution in [-0.4, -0.2) is 33.7 Å². The SMILES string of the molecule is CCOc1cc(C(CC(C)=O)c2ccc(OC)c(OC)c2)ccc1OC. The number of methoxy groups -OCH3 is 3. The van der Waals surface area contributed by atoms with Crippen LogP contribution in [0.1, 0.15) is 37.3 Å². The summed E-state index contributed by atoms with van der Waals surface area (Å²) < 4.78 is 21.8. The van der Waals surface area contributed by atoms with Crippen LogP contribution in [0.2, 0.25) is 0 Å². The van der Waals surface area contributed by atoms with E-state index in [2.05, 4.69) is 0 Å². The third kappa shape index (κ3) is 4.48. The normalized spacial score (nSPS) is 11.6. The summed E-state index contributed by atoms with van der Waals surface area (Å²) in [5.41, 5.74) is 1.96. The van der Waals surface area contributed by atoms with Gasteiger partial charge in [-0.05, 0) is 49.2 Å². The molecule has 140 valence electrons. The quantitative estimate of drug-likeness (QED) is 0.672. The zero-order chi connectivity index (χ0) is 19.1. The van der Waals surface area contributed by atoms with Crippen molar-refractivity contribution in [3.8, 4) is 23.0 Å². The van der Waals surface area contributed by atoms with E-state index in [9.17, 15) is 4.79 Å². The van der Waals surface area contributed by atoms with Crippen LogP contribution in [-0.2, 0) is 4.79 Å². The second-order valence-corrected chi connectivity index (χ2v) is 5.92. The molecule has 0 saturated carbocycles. The van der Waals surface area contributed by atoms with Gasteiger partial charge in [0.1, 0.15) is 5.78 Å². The molecule has 0 fully saturated rings. The maximum Gasteiger partial charge on any atom is 0.161 e. The zero-order valence-corrected chi connectivity index (χ0v) is 16.0. The number of carbonyl (C=O) groups excluding carboxylic acids is 1. The lowest BCUT2D eigenvalue weighted by Gasteiger charge is -2.20. The molecular formula is C21H26O5. The second kappa shape index (κ2) is 9.13. The highest BCUT2D eigenvalue weighted by atomic mass is 16.5. The molecule has 0 aliphatic rings. The van der Waals surface area contributed by atoms with Gasteiger partial charge in [-0.1, -0.05) is 12.1 Å². The molecule has 0 amide bonds. The molecule has 5 heteroatoms. The van der Waals surface area contributed by atoms with Gasteiger partial charge in [0.05, 0.1) is 27.9 Å². The predicted octanol–water partition coefficient (Wildman–Crippen LogP) is 4.22. The highest BCUT2D eigenvalue weighted by Crippen LogP contribution is 2.38. The summed E-state index contributed by atoms with van der Waals surface area (Å²) in [6.45, 7) is 4.06. The summed E-state index contributed by atoms with van der Waals surface area (Å²) in [6.07, 6.45) is 0.382. The fourth-order valence-electron chi connectivity index (χ4n) is 2.96. The first-order chi connectivity index (χ1) is 12.5. The minimum atomic E-state index is -0.114. The Bertz CT molecular complexity index is 754. The number of ether oxygens (including phenoxy) is 4. The highest BCUT2D eigenvalue weighted by Gasteiger charge is 2.20. The van der Waals surface area contributed by atoms with Crippen LogP contribution < -0.4 is 18.9 Å². The molecule has 1 unspecified atom stereocenters. The Morgan fingerprint density at radius 3 is 1.81 bits per heavy atom. The smallest absolute Gasteiger partial charge is 0.161 e. The predicted molar refractivity (Wildman–Crippen MR) is 101 cm³/mol. The maximum absolute atomic E-state index is 11.9. The Labute approximate surface area is 154 Å². The van der Waals surface area contributed by atoms with Crippen molar-refractivity contribution in [1.29, 1.82) is 0 Å². The summed E-state index contributed by atoms with van der Waals surface area (Å²) in [5.74, 6) is 2.63. The lowest BCUT2D eigenvalue weighted by atomic mass is 9.87. The lowest BCUT2D eigenvalue weighted by molar-refractivity contribution is -0.117. The summed E-state index contributed by atoms with van der Waals surface area (Å²) in [7, 11) is 4.81. The molecule has 2 aromatic rings. The monoisotopic (exact) mass is 358 g/mol. The molecule has 26 heavy (non-hydrogen) atoms. The summed E-state index contributed by atoms with van der Waals surface area (Å²) in [5, 5.41) is 0. The molecule has 0 aliphatic heterocycles. The average Bonchev–Trinajstić information content (AvgIpc) is 2.65. The minimum Gasteiger partial charge on any atom is -0.493 e. The van der Waals surface area contributed by atoms with E-state index in [-0.39, 0.29) is 11.7 Å². The molecule has 2 rings (SSSR count). The van der Waals surface area contributed by atoms with Crippen molar-refractivity contribution in [1.82, 2.24) is 0 Å². The molecule has 0 N–H and O–H groups in total. The maximum atomic E-state index is 11.9. The molecule has 5 nitrogen and oxygen atoms in total. The van der Waals surface area contributed by atoms with Crippen molar-refractivity contribution in [2.75, 3.05) is 27.9 Å². The zero-order valence-electron chi connectivity index (χ0n) is 16.0. The topological polar surface area (TPSA) is 54.0 Å². The van der Waals surface area contributed by atoms with Gasteiger partial charge in [-0.25, -0.2) is 0 Å². The molecule has 0 saturated heterocycles. The number of carbonyl (C=O) groups is 1. The van der Waals surface area contributed by atoms with E-state index >= 15 is 0 Å². The second-order valence-electron chi connectivity index (χ2n) is 5.92. The first-order valence-corrected chi connectivity index (χ1v) is 8.56. The summed E-state index contributed by atoms with van der Waals surface area (Å²) in [4.78, 5) is 11.9. The fraction of sp³-hybridized carbons (Fsp3) is 0.381. The first-order valence-electron chi connectivity index (χ1n) is 8.56. The van der Waals surface area contributed by atoms with Gasteiger partial charge in [0, 0.05) is 12.3 Å². The van der Waals surface area contributed by atoms with Crippen LogP contribution in [0, 0.1) is 0 Å². The van der Waals surface area contributed by atoms with Crippen molar-refractivity contribution in [3.63, 3.8) is 0 Å². The average molecular weight is 358 g/mol. The van der Waals surface area contributed by atoms with Crippen molar-refractivity contribution >= 4 is 5.78 Å². The van der Waals surface area contributed by atoms with E-state index < -0.39 is 0 Å². The Balaban J connectivity index is 2.51. The van der Waals surface area contributed by atoms with Crippen LogP contribution in [0.4, 0.5) is 0 Å². The molecule has 2 aromatic carbocycles. The van der Waals surface area contributed by atoms with Gasteiger partial charge in [0.15, 0.2) is 23.0 Å². The molecule has 1 atom stereocenters. The standard InChI is InChI=1S/C21H26O5/c1-6-26-21-13-16(8-10-19(21)24-4)17(11-14(2)22)15-7-9-18(23-3)20(12-15)25-5/h7-10,12-13,17H,6,11H2,1-5H3. The van der Waals surface area contributed by atoms with Crippen molar-refractivity contribution in [2.45, 2.75) is 26.2 Å². The minimum absolute atomic E-state index is 0.110. The number of hydrogen-bond donors (Lipinski definition) is 0. The van der Waals surface area contributed by atoms with Crippen LogP contribution in [0.15, 0.2) is 36.4 Å². The van der Waals surface area contributed by atoms with E-state index in [1.54, 1.807) is 28.3 Å². The van der Waals surface area contributed by atoms with Crippen LogP contribution in [0.5, 0.6) is 23.0 Å². The van der Waals surface area contributed by atoms with Gasteiger partial charge < -0.3 is 18.9 Å². The molecule has 0 heterocycles. The van der Waals surface area contributed by atoms with Crippen molar-refractivity contribution in [3.05, 3.63) is 47.5 Å². The van der Waals surface area contributed by atoms with E-state index in [0.29, 0.717) is 36.0 Å². The third-order valence-corrected chi connectivity index (χ3v) is 4.19. The van der Waals surface area contributed by atoms with E-state index in [1.165, 1.54) is 0 Å². The largest absolute Gasteiger partial charge is 0.493 e. The van der Waals surface area contributed by atoms with Gasteiger partial charge in [-0.15, -0.1) is 0 Å². The van der Waals surface area contributed by atoms with Gasteiger partial charge >= 0.3 is 0 Å². The van der Waals surface area contributed by atoms with Crippen LogP contribution in [0.3, 0.4) is 0 Å². The van der Waals surface area contributed by atoms with Gasteiger partial charge in [0.2, 0.25) is 0 Å². The van der Waals surface area contributed by atoms with Crippen LogP contribution >= 0.6 is 0 Å². The molecule has 0 radical (unpaired) electrons. The Kier molecular flexibility index (Phi) is 6.89.